The molecule has 3 N–H and O–H groups in total. The van der Waals surface area contributed by atoms with Gasteiger partial charge in [-0.15, -0.1) is 0 Å². The SMILES string of the molecule is COc1cc(N)ccc1NC(=O)c1ccc2c(c1)OCO2. The van der Waals surface area contributed by atoms with Crippen molar-refractivity contribution < 1.29 is 19.0 Å². The molecule has 0 saturated heterocycles. The summed E-state index contributed by atoms with van der Waals surface area (Å²) in [6.45, 7) is 0.173. The molecule has 0 aliphatic carbocycles. The molecule has 1 heterocycles. The first-order valence-electron chi connectivity index (χ1n) is 6.32. The second-order valence-electron chi connectivity index (χ2n) is 4.48. The van der Waals surface area contributed by atoms with Crippen molar-refractivity contribution in [3.05, 3.63) is 42.0 Å². The van der Waals surface area contributed by atoms with E-state index in [9.17, 15) is 4.79 Å². The van der Waals surface area contributed by atoms with Crippen molar-refractivity contribution in [1.29, 1.82) is 0 Å². The largest absolute Gasteiger partial charge is 0.494 e. The number of nitrogens with two attached hydrogens (primary N) is 1. The predicted molar refractivity (Wildman–Crippen MR) is 77.9 cm³/mol. The van der Waals surface area contributed by atoms with Crippen molar-refractivity contribution in [2.75, 3.05) is 25.0 Å². The lowest BCUT2D eigenvalue weighted by atomic mass is 10.1. The predicted octanol–water partition coefficient (Wildman–Crippen LogP) is 2.26. The number of methoxy groups -OCH3 is 1. The first-order chi connectivity index (χ1) is 10.2. The Labute approximate surface area is 121 Å². The minimum absolute atomic E-state index is 0.173. The van der Waals surface area contributed by atoms with Crippen LogP contribution in [-0.2, 0) is 0 Å². The lowest BCUT2D eigenvalue weighted by molar-refractivity contribution is 0.102. The third-order valence-corrected chi connectivity index (χ3v) is 3.11. The van der Waals surface area contributed by atoms with Crippen molar-refractivity contribution in [3.8, 4) is 17.2 Å². The van der Waals surface area contributed by atoms with Gasteiger partial charge in [-0.3, -0.25) is 4.79 Å². The summed E-state index contributed by atoms with van der Waals surface area (Å²) >= 11 is 0. The zero-order chi connectivity index (χ0) is 14.8. The van der Waals surface area contributed by atoms with E-state index in [0.29, 0.717) is 34.2 Å². The number of fused-ring (bicyclic) bond motifs is 1. The minimum atomic E-state index is -0.267. The van der Waals surface area contributed by atoms with Crippen LogP contribution in [0.1, 0.15) is 10.4 Å². The lowest BCUT2D eigenvalue weighted by Gasteiger charge is -2.11. The van der Waals surface area contributed by atoms with Gasteiger partial charge < -0.3 is 25.3 Å². The van der Waals surface area contributed by atoms with Crippen LogP contribution in [0.3, 0.4) is 0 Å². The number of nitrogen functional groups attached to an aromatic ring is 1. The molecule has 1 aliphatic heterocycles. The Morgan fingerprint density at radius 3 is 2.81 bits per heavy atom. The van der Waals surface area contributed by atoms with Crippen molar-refractivity contribution in [3.63, 3.8) is 0 Å². The van der Waals surface area contributed by atoms with E-state index in [-0.39, 0.29) is 12.7 Å². The van der Waals surface area contributed by atoms with Gasteiger partial charge in [0.2, 0.25) is 6.79 Å². The van der Waals surface area contributed by atoms with Gasteiger partial charge in [0.15, 0.2) is 11.5 Å². The molecular weight excluding hydrogens is 272 g/mol. The van der Waals surface area contributed by atoms with E-state index < -0.39 is 0 Å². The Kier molecular flexibility index (Phi) is 3.27. The van der Waals surface area contributed by atoms with Crippen molar-refractivity contribution in [2.24, 2.45) is 0 Å². The number of carbonyl (C=O) groups excluding carboxylic acids is 1. The maximum atomic E-state index is 12.3. The van der Waals surface area contributed by atoms with Crippen molar-refractivity contribution >= 4 is 17.3 Å². The summed E-state index contributed by atoms with van der Waals surface area (Å²) in [5.41, 5.74) is 7.27. The molecule has 0 aromatic heterocycles. The minimum Gasteiger partial charge on any atom is -0.494 e. The van der Waals surface area contributed by atoms with E-state index in [1.165, 1.54) is 7.11 Å². The van der Waals surface area contributed by atoms with Crippen molar-refractivity contribution in [2.45, 2.75) is 0 Å². The van der Waals surface area contributed by atoms with Gasteiger partial charge in [0.25, 0.3) is 5.91 Å². The van der Waals surface area contributed by atoms with Crippen molar-refractivity contribution in [1.82, 2.24) is 0 Å². The number of ether oxygens (including phenoxy) is 3. The van der Waals surface area contributed by atoms with Crippen LogP contribution in [0, 0.1) is 0 Å². The average Bonchev–Trinajstić information content (AvgIpc) is 2.96. The van der Waals surface area contributed by atoms with Crippen LogP contribution in [-0.4, -0.2) is 19.8 Å². The molecule has 0 fully saturated rings. The summed E-state index contributed by atoms with van der Waals surface area (Å²) in [5, 5.41) is 2.78. The molecule has 21 heavy (non-hydrogen) atoms. The van der Waals surface area contributed by atoms with E-state index in [2.05, 4.69) is 5.32 Å². The molecule has 6 heteroatoms. The van der Waals surface area contributed by atoms with Crippen LogP contribution < -0.4 is 25.3 Å². The maximum Gasteiger partial charge on any atom is 0.255 e. The van der Waals surface area contributed by atoms with Gasteiger partial charge >= 0.3 is 0 Å². The third kappa shape index (κ3) is 2.55. The molecular formula is C15H14N2O4. The number of hydrogen-bond acceptors (Lipinski definition) is 5. The summed E-state index contributed by atoms with van der Waals surface area (Å²) in [7, 11) is 1.52. The van der Waals surface area contributed by atoms with E-state index >= 15 is 0 Å². The molecule has 2 aromatic rings. The molecule has 1 aliphatic rings. The fraction of sp³-hybridized carbons (Fsp3) is 0.133. The molecule has 3 rings (SSSR count). The maximum absolute atomic E-state index is 12.3. The van der Waals surface area contributed by atoms with E-state index in [1.54, 1.807) is 36.4 Å². The number of carbonyl (C=O) groups is 1. The molecule has 0 spiro atoms. The quantitative estimate of drug-likeness (QED) is 0.846. The van der Waals surface area contributed by atoms with Gasteiger partial charge in [-0.05, 0) is 30.3 Å². The molecule has 0 unspecified atom stereocenters. The topological polar surface area (TPSA) is 82.8 Å². The van der Waals surface area contributed by atoms with Crippen LogP contribution in [0.2, 0.25) is 0 Å². The molecule has 6 nitrogen and oxygen atoms in total. The standard InChI is InChI=1S/C15H14N2O4/c1-19-13-7-10(16)3-4-11(13)17-15(18)9-2-5-12-14(6-9)21-8-20-12/h2-7H,8,16H2,1H3,(H,17,18). The Morgan fingerprint density at radius 2 is 2.00 bits per heavy atom. The summed E-state index contributed by atoms with van der Waals surface area (Å²) in [5.74, 6) is 1.43. The number of anilines is 2. The van der Waals surface area contributed by atoms with Gasteiger partial charge in [-0.2, -0.15) is 0 Å². The number of hydrogen-bond donors (Lipinski definition) is 2. The molecule has 0 saturated carbocycles. The van der Waals surface area contributed by atoms with E-state index in [1.807, 2.05) is 0 Å². The van der Waals surface area contributed by atoms with E-state index in [0.717, 1.165) is 0 Å². The molecule has 108 valence electrons. The van der Waals surface area contributed by atoms with Gasteiger partial charge in [0, 0.05) is 17.3 Å². The summed E-state index contributed by atoms with van der Waals surface area (Å²) in [4.78, 5) is 12.3. The summed E-state index contributed by atoms with van der Waals surface area (Å²) < 4.78 is 15.7. The number of amides is 1. The van der Waals surface area contributed by atoms with Gasteiger partial charge in [0.05, 0.1) is 12.8 Å². The zero-order valence-electron chi connectivity index (χ0n) is 11.4. The fourth-order valence-corrected chi connectivity index (χ4v) is 2.04. The summed E-state index contributed by atoms with van der Waals surface area (Å²) in [6, 6.07) is 10.1. The Morgan fingerprint density at radius 1 is 1.19 bits per heavy atom. The van der Waals surface area contributed by atoms with Crippen LogP contribution in [0.5, 0.6) is 17.2 Å². The first kappa shape index (κ1) is 13.1. The van der Waals surface area contributed by atoms with E-state index in [4.69, 9.17) is 19.9 Å². The summed E-state index contributed by atoms with van der Waals surface area (Å²) in [6.07, 6.45) is 0. The molecule has 0 radical (unpaired) electrons. The number of benzene rings is 2. The van der Waals surface area contributed by atoms with Gasteiger partial charge in [-0.1, -0.05) is 0 Å². The molecule has 0 atom stereocenters. The average molecular weight is 286 g/mol. The van der Waals surface area contributed by atoms with Crippen LogP contribution in [0.15, 0.2) is 36.4 Å². The monoisotopic (exact) mass is 286 g/mol. The molecule has 1 amide bonds. The Hall–Kier alpha value is -2.89. The first-order valence-corrected chi connectivity index (χ1v) is 6.32. The highest BCUT2D eigenvalue weighted by Gasteiger charge is 2.17. The number of rotatable bonds is 3. The fourth-order valence-electron chi connectivity index (χ4n) is 2.04. The van der Waals surface area contributed by atoms with Crippen LogP contribution >= 0.6 is 0 Å². The molecule has 2 aromatic carbocycles. The van der Waals surface area contributed by atoms with Gasteiger partial charge in [0.1, 0.15) is 5.75 Å². The Bertz CT molecular complexity index is 700. The van der Waals surface area contributed by atoms with Gasteiger partial charge in [-0.25, -0.2) is 0 Å². The Balaban J connectivity index is 1.83. The molecule has 0 bridgehead atoms. The highest BCUT2D eigenvalue weighted by Crippen LogP contribution is 2.33. The highest BCUT2D eigenvalue weighted by atomic mass is 16.7. The zero-order valence-corrected chi connectivity index (χ0v) is 11.4. The number of nitrogens with one attached hydrogen (secondary N) is 1. The third-order valence-electron chi connectivity index (χ3n) is 3.11. The highest BCUT2D eigenvalue weighted by molar-refractivity contribution is 6.05. The second kappa shape index (κ2) is 5.24. The lowest BCUT2D eigenvalue weighted by Crippen LogP contribution is -2.12. The normalized spacial score (nSPS) is 12.0. The van der Waals surface area contributed by atoms with Crippen LogP contribution in [0.4, 0.5) is 11.4 Å². The second-order valence-corrected chi connectivity index (χ2v) is 4.48. The smallest absolute Gasteiger partial charge is 0.255 e. The van der Waals surface area contributed by atoms with Crippen LogP contribution in [0.25, 0.3) is 0 Å².